The number of benzene rings is 1. The topological polar surface area (TPSA) is 69.1 Å². The second-order valence-corrected chi connectivity index (χ2v) is 4.81. The van der Waals surface area contributed by atoms with Crippen molar-refractivity contribution < 1.29 is 0 Å². The van der Waals surface area contributed by atoms with E-state index in [-0.39, 0.29) is 0 Å². The van der Waals surface area contributed by atoms with Crippen molar-refractivity contribution in [1.82, 2.24) is 19.6 Å². The summed E-state index contributed by atoms with van der Waals surface area (Å²) in [6.45, 7) is 3.85. The average Bonchev–Trinajstić information content (AvgIpc) is 2.76. The first-order chi connectivity index (χ1) is 9.06. The third kappa shape index (κ3) is 1.92. The van der Waals surface area contributed by atoms with E-state index in [1.54, 1.807) is 12.1 Å². The highest BCUT2D eigenvalue weighted by Crippen LogP contribution is 2.26. The van der Waals surface area contributed by atoms with Gasteiger partial charge in [-0.15, -0.1) is 10.2 Å². The van der Waals surface area contributed by atoms with E-state index in [1.807, 2.05) is 30.4 Å². The van der Waals surface area contributed by atoms with Crippen LogP contribution in [0.5, 0.6) is 0 Å². The first-order valence-electron chi connectivity index (χ1n) is 5.81. The Kier molecular flexibility index (Phi) is 2.64. The van der Waals surface area contributed by atoms with Crippen LogP contribution in [-0.2, 0) is 0 Å². The molecular formula is C13H12ClN5. The van der Waals surface area contributed by atoms with Crippen LogP contribution in [0.3, 0.4) is 0 Å². The molecule has 0 bridgehead atoms. The molecule has 0 aliphatic heterocycles. The lowest BCUT2D eigenvalue weighted by Gasteiger charge is -2.05. The van der Waals surface area contributed by atoms with Gasteiger partial charge in [0.25, 0.3) is 0 Å². The fraction of sp³-hybridized carbons (Fsp3) is 0.154. The van der Waals surface area contributed by atoms with Gasteiger partial charge in [0.2, 0.25) is 0 Å². The number of aromatic nitrogens is 4. The van der Waals surface area contributed by atoms with Gasteiger partial charge in [-0.05, 0) is 32.0 Å². The van der Waals surface area contributed by atoms with Crippen LogP contribution in [0.2, 0.25) is 5.02 Å². The van der Waals surface area contributed by atoms with Crippen molar-refractivity contribution >= 4 is 22.9 Å². The third-order valence-electron chi connectivity index (χ3n) is 2.94. The number of anilines is 1. The van der Waals surface area contributed by atoms with Gasteiger partial charge in [0.05, 0.1) is 10.7 Å². The zero-order chi connectivity index (χ0) is 13.6. The summed E-state index contributed by atoms with van der Waals surface area (Å²) in [5.74, 6) is 1.55. The van der Waals surface area contributed by atoms with Crippen molar-refractivity contribution in [1.29, 1.82) is 0 Å². The van der Waals surface area contributed by atoms with Crippen molar-refractivity contribution in [3.8, 4) is 11.4 Å². The second-order valence-electron chi connectivity index (χ2n) is 4.40. The van der Waals surface area contributed by atoms with Crippen LogP contribution in [0, 0.1) is 13.8 Å². The number of halogens is 1. The average molecular weight is 274 g/mol. The quantitative estimate of drug-likeness (QED) is 0.692. The molecule has 3 aromatic rings. The minimum atomic E-state index is 0.522. The van der Waals surface area contributed by atoms with E-state index in [1.165, 1.54) is 0 Å². The highest BCUT2D eigenvalue weighted by Gasteiger charge is 2.12. The van der Waals surface area contributed by atoms with E-state index in [0.717, 1.165) is 22.7 Å². The number of fused-ring (bicyclic) bond motifs is 1. The van der Waals surface area contributed by atoms with Crippen LogP contribution < -0.4 is 5.73 Å². The SMILES string of the molecule is Cc1cc2nnc(-c3ccc(Cl)c(N)c3)n2c(C)n1. The summed E-state index contributed by atoms with van der Waals surface area (Å²) in [4.78, 5) is 4.43. The monoisotopic (exact) mass is 273 g/mol. The molecule has 0 aliphatic carbocycles. The lowest BCUT2D eigenvalue weighted by molar-refractivity contribution is 0.962. The number of nitrogen functional groups attached to an aromatic ring is 1. The fourth-order valence-corrected chi connectivity index (χ4v) is 2.22. The zero-order valence-corrected chi connectivity index (χ0v) is 11.3. The molecule has 0 unspecified atom stereocenters. The Labute approximate surface area is 115 Å². The standard InChI is InChI=1S/C13H12ClN5/c1-7-5-12-17-18-13(19(12)8(2)16-7)9-3-4-10(14)11(15)6-9/h3-6H,15H2,1-2H3. The maximum Gasteiger partial charge on any atom is 0.169 e. The molecular weight excluding hydrogens is 262 g/mol. The van der Waals surface area contributed by atoms with Crippen LogP contribution in [0.4, 0.5) is 5.69 Å². The number of hydrogen-bond donors (Lipinski definition) is 1. The first kappa shape index (κ1) is 11.9. The highest BCUT2D eigenvalue weighted by molar-refractivity contribution is 6.33. The molecule has 0 amide bonds. The normalized spacial score (nSPS) is 11.1. The van der Waals surface area contributed by atoms with Crippen molar-refractivity contribution in [2.75, 3.05) is 5.73 Å². The van der Waals surface area contributed by atoms with Gasteiger partial charge in [0.15, 0.2) is 11.5 Å². The van der Waals surface area contributed by atoms with Crippen molar-refractivity contribution in [2.24, 2.45) is 0 Å². The van der Waals surface area contributed by atoms with Gasteiger partial charge < -0.3 is 5.73 Å². The van der Waals surface area contributed by atoms with E-state index < -0.39 is 0 Å². The molecule has 0 fully saturated rings. The van der Waals surface area contributed by atoms with Crippen LogP contribution in [0.25, 0.3) is 17.0 Å². The predicted molar refractivity (Wildman–Crippen MR) is 75.1 cm³/mol. The van der Waals surface area contributed by atoms with Crippen molar-refractivity contribution in [2.45, 2.75) is 13.8 Å². The molecule has 1 aromatic carbocycles. The van der Waals surface area contributed by atoms with Crippen molar-refractivity contribution in [3.63, 3.8) is 0 Å². The van der Waals surface area contributed by atoms with Crippen LogP contribution in [0.15, 0.2) is 24.3 Å². The predicted octanol–water partition coefficient (Wildman–Crippen LogP) is 2.64. The fourth-order valence-electron chi connectivity index (χ4n) is 2.10. The molecule has 5 nitrogen and oxygen atoms in total. The molecule has 0 radical (unpaired) electrons. The molecule has 6 heteroatoms. The minimum absolute atomic E-state index is 0.522. The van der Waals surface area contributed by atoms with Gasteiger partial charge in [-0.2, -0.15) is 0 Å². The minimum Gasteiger partial charge on any atom is -0.398 e. The smallest absolute Gasteiger partial charge is 0.169 e. The number of aryl methyl sites for hydroxylation is 2. The summed E-state index contributed by atoms with van der Waals surface area (Å²) in [6, 6.07) is 7.31. The molecule has 2 N–H and O–H groups in total. The third-order valence-corrected chi connectivity index (χ3v) is 3.29. The zero-order valence-electron chi connectivity index (χ0n) is 10.6. The number of nitrogens with zero attached hydrogens (tertiary/aromatic N) is 4. The Hall–Kier alpha value is -2.14. The van der Waals surface area contributed by atoms with E-state index in [9.17, 15) is 0 Å². The van der Waals surface area contributed by atoms with Crippen LogP contribution in [0.1, 0.15) is 11.5 Å². The first-order valence-corrected chi connectivity index (χ1v) is 6.19. The Balaban J connectivity index is 2.28. The number of rotatable bonds is 1. The van der Waals surface area contributed by atoms with Gasteiger partial charge in [0, 0.05) is 17.3 Å². The molecule has 0 spiro atoms. The molecule has 3 rings (SSSR count). The highest BCUT2D eigenvalue weighted by atomic mass is 35.5. The second kappa shape index (κ2) is 4.20. The Morgan fingerprint density at radius 2 is 1.95 bits per heavy atom. The summed E-state index contributed by atoms with van der Waals surface area (Å²) < 4.78 is 1.90. The molecule has 0 atom stereocenters. The van der Waals surface area contributed by atoms with Gasteiger partial charge in [-0.3, -0.25) is 4.40 Å². The maximum atomic E-state index is 5.93. The van der Waals surface area contributed by atoms with Crippen molar-refractivity contribution in [3.05, 3.63) is 40.8 Å². The van der Waals surface area contributed by atoms with Gasteiger partial charge >= 0.3 is 0 Å². The Morgan fingerprint density at radius 1 is 1.16 bits per heavy atom. The van der Waals surface area contributed by atoms with E-state index in [2.05, 4.69) is 15.2 Å². The maximum absolute atomic E-state index is 5.93. The van der Waals surface area contributed by atoms with E-state index in [4.69, 9.17) is 17.3 Å². The Bertz CT molecular complexity index is 778. The molecule has 2 aromatic heterocycles. The number of hydrogen-bond acceptors (Lipinski definition) is 4. The number of nitrogens with two attached hydrogens (primary N) is 1. The van der Waals surface area contributed by atoms with Gasteiger partial charge in [-0.1, -0.05) is 11.6 Å². The van der Waals surface area contributed by atoms with Crippen LogP contribution >= 0.6 is 11.6 Å². The lowest BCUT2D eigenvalue weighted by Crippen LogP contribution is -1.99. The summed E-state index contributed by atoms with van der Waals surface area (Å²) in [5, 5.41) is 8.91. The summed E-state index contributed by atoms with van der Waals surface area (Å²) in [7, 11) is 0. The summed E-state index contributed by atoms with van der Waals surface area (Å²) in [6.07, 6.45) is 0. The molecule has 96 valence electrons. The molecule has 0 aliphatic rings. The molecule has 0 saturated heterocycles. The molecule has 2 heterocycles. The van der Waals surface area contributed by atoms with Gasteiger partial charge in [0.1, 0.15) is 5.82 Å². The largest absolute Gasteiger partial charge is 0.398 e. The van der Waals surface area contributed by atoms with E-state index in [0.29, 0.717) is 16.5 Å². The summed E-state index contributed by atoms with van der Waals surface area (Å²) in [5.41, 5.74) is 8.90. The lowest BCUT2D eigenvalue weighted by atomic mass is 10.2. The Morgan fingerprint density at radius 3 is 2.68 bits per heavy atom. The van der Waals surface area contributed by atoms with E-state index >= 15 is 0 Å². The van der Waals surface area contributed by atoms with Crippen LogP contribution in [-0.4, -0.2) is 19.6 Å². The summed E-state index contributed by atoms with van der Waals surface area (Å²) >= 11 is 5.93. The van der Waals surface area contributed by atoms with Gasteiger partial charge in [-0.25, -0.2) is 4.98 Å². The molecule has 19 heavy (non-hydrogen) atoms. The molecule has 0 saturated carbocycles.